The third-order valence-electron chi connectivity index (χ3n) is 2.75. The Morgan fingerprint density at radius 2 is 1.86 bits per heavy atom. The van der Waals surface area contributed by atoms with Gasteiger partial charge in [-0.15, -0.1) is 0 Å². The molecule has 2 aromatic rings. The number of halogens is 2. The van der Waals surface area contributed by atoms with E-state index in [0.29, 0.717) is 5.69 Å². The molecule has 0 fully saturated rings. The highest BCUT2D eigenvalue weighted by atomic mass is 35.5. The number of nitrogen functional groups attached to an aromatic ring is 1. The predicted molar refractivity (Wildman–Crippen MR) is 78.7 cm³/mol. The molecule has 0 saturated heterocycles. The Kier molecular flexibility index (Phi) is 4.09. The SMILES string of the molecule is NC(=O)c1cc(NC(=O)c2ccc(N)c(Cl)c2)ccc1F. The lowest BCUT2D eigenvalue weighted by Gasteiger charge is -2.08. The molecular formula is C14H11ClFN3O2. The normalized spacial score (nSPS) is 10.2. The Hall–Kier alpha value is -2.60. The van der Waals surface area contributed by atoms with Gasteiger partial charge >= 0.3 is 0 Å². The summed E-state index contributed by atoms with van der Waals surface area (Å²) in [4.78, 5) is 23.1. The maximum atomic E-state index is 13.3. The van der Waals surface area contributed by atoms with E-state index < -0.39 is 17.6 Å². The van der Waals surface area contributed by atoms with E-state index in [1.54, 1.807) is 0 Å². The first-order valence-electron chi connectivity index (χ1n) is 5.84. The van der Waals surface area contributed by atoms with Crippen LogP contribution in [0.2, 0.25) is 5.02 Å². The second kappa shape index (κ2) is 5.80. The molecule has 2 aromatic carbocycles. The Balaban J connectivity index is 2.25. The molecule has 0 bridgehead atoms. The number of anilines is 2. The van der Waals surface area contributed by atoms with Crippen molar-refractivity contribution in [3.05, 3.63) is 58.4 Å². The largest absolute Gasteiger partial charge is 0.398 e. The standard InChI is InChI=1S/C14H11ClFN3O2/c15-10-5-7(1-4-12(10)17)14(21)19-8-2-3-11(16)9(6-8)13(18)20/h1-6H,17H2,(H2,18,20)(H,19,21). The number of nitrogens with two attached hydrogens (primary N) is 2. The molecule has 0 unspecified atom stereocenters. The molecule has 5 N–H and O–H groups in total. The molecule has 108 valence electrons. The van der Waals surface area contributed by atoms with Crippen molar-refractivity contribution in [2.75, 3.05) is 11.1 Å². The summed E-state index contributed by atoms with van der Waals surface area (Å²) >= 11 is 5.83. The second-order valence-corrected chi connectivity index (χ2v) is 4.66. The molecule has 21 heavy (non-hydrogen) atoms. The molecule has 2 rings (SSSR count). The number of hydrogen-bond donors (Lipinski definition) is 3. The molecule has 0 aliphatic heterocycles. The summed E-state index contributed by atoms with van der Waals surface area (Å²) in [5.74, 6) is -2.14. The maximum absolute atomic E-state index is 13.3. The molecule has 7 heteroatoms. The first-order valence-corrected chi connectivity index (χ1v) is 6.22. The van der Waals surface area contributed by atoms with E-state index in [9.17, 15) is 14.0 Å². The minimum absolute atomic E-state index is 0.239. The van der Waals surface area contributed by atoms with Gasteiger partial charge in [-0.1, -0.05) is 11.6 Å². The van der Waals surface area contributed by atoms with E-state index >= 15 is 0 Å². The van der Waals surface area contributed by atoms with Crippen LogP contribution in [0.4, 0.5) is 15.8 Å². The van der Waals surface area contributed by atoms with Crippen LogP contribution in [0.1, 0.15) is 20.7 Å². The molecule has 0 aliphatic rings. The molecule has 0 radical (unpaired) electrons. The van der Waals surface area contributed by atoms with Gasteiger partial charge in [0.25, 0.3) is 11.8 Å². The molecule has 2 amide bonds. The number of carbonyl (C=O) groups excluding carboxylic acids is 2. The first kappa shape index (κ1) is 14.8. The van der Waals surface area contributed by atoms with Crippen LogP contribution in [0.25, 0.3) is 0 Å². The topological polar surface area (TPSA) is 98.2 Å². The number of carbonyl (C=O) groups is 2. The number of rotatable bonds is 3. The van der Waals surface area contributed by atoms with E-state index in [1.165, 1.54) is 24.3 Å². The van der Waals surface area contributed by atoms with E-state index in [1.807, 2.05) is 0 Å². The van der Waals surface area contributed by atoms with Gasteiger partial charge in [-0.05, 0) is 36.4 Å². The van der Waals surface area contributed by atoms with Gasteiger partial charge in [0.05, 0.1) is 16.3 Å². The zero-order valence-electron chi connectivity index (χ0n) is 10.7. The summed E-state index contributed by atoms with van der Waals surface area (Å²) in [5, 5.41) is 2.76. The third kappa shape index (κ3) is 3.29. The van der Waals surface area contributed by atoms with Gasteiger partial charge in [-0.2, -0.15) is 0 Å². The molecule has 0 aromatic heterocycles. The fourth-order valence-corrected chi connectivity index (χ4v) is 1.84. The average Bonchev–Trinajstić information content (AvgIpc) is 2.43. The lowest BCUT2D eigenvalue weighted by Crippen LogP contribution is -2.16. The summed E-state index contributed by atoms with van der Waals surface area (Å²) in [5.41, 5.74) is 11.2. The lowest BCUT2D eigenvalue weighted by molar-refractivity contribution is 0.0992. The van der Waals surface area contributed by atoms with Gasteiger partial charge < -0.3 is 16.8 Å². The third-order valence-corrected chi connectivity index (χ3v) is 3.08. The average molecular weight is 308 g/mol. The van der Waals surface area contributed by atoms with Crippen LogP contribution in [0.5, 0.6) is 0 Å². The monoisotopic (exact) mass is 307 g/mol. The van der Waals surface area contributed by atoms with Crippen molar-refractivity contribution in [2.24, 2.45) is 5.73 Å². The number of primary amides is 1. The molecule has 0 spiro atoms. The number of nitrogens with one attached hydrogen (secondary N) is 1. The van der Waals surface area contributed by atoms with Crippen LogP contribution in [0.15, 0.2) is 36.4 Å². The van der Waals surface area contributed by atoms with Gasteiger partial charge in [-0.3, -0.25) is 9.59 Å². The highest BCUT2D eigenvalue weighted by molar-refractivity contribution is 6.33. The summed E-state index contributed by atoms with van der Waals surface area (Å²) in [6.07, 6.45) is 0. The summed E-state index contributed by atoms with van der Waals surface area (Å²) < 4.78 is 13.3. The van der Waals surface area contributed by atoms with Crippen molar-refractivity contribution in [1.82, 2.24) is 0 Å². The van der Waals surface area contributed by atoms with E-state index in [2.05, 4.69) is 5.32 Å². The summed E-state index contributed by atoms with van der Waals surface area (Å²) in [7, 11) is 0. The highest BCUT2D eigenvalue weighted by Gasteiger charge is 2.12. The van der Waals surface area contributed by atoms with Gasteiger partial charge in [0, 0.05) is 11.3 Å². The van der Waals surface area contributed by atoms with Crippen molar-refractivity contribution < 1.29 is 14.0 Å². The molecule has 0 heterocycles. The Morgan fingerprint density at radius 1 is 1.14 bits per heavy atom. The van der Waals surface area contributed by atoms with Crippen molar-refractivity contribution in [2.45, 2.75) is 0 Å². The van der Waals surface area contributed by atoms with Gasteiger partial charge in [0.1, 0.15) is 5.82 Å². The van der Waals surface area contributed by atoms with Gasteiger partial charge in [0.15, 0.2) is 0 Å². The Bertz CT molecular complexity index is 734. The van der Waals surface area contributed by atoms with Crippen LogP contribution >= 0.6 is 11.6 Å². The first-order chi connectivity index (χ1) is 9.88. The number of benzene rings is 2. The Labute approximate surface area is 124 Å². The molecule has 0 saturated carbocycles. The van der Waals surface area contributed by atoms with Crippen LogP contribution in [0.3, 0.4) is 0 Å². The Morgan fingerprint density at radius 3 is 2.48 bits per heavy atom. The van der Waals surface area contributed by atoms with Crippen LogP contribution in [-0.4, -0.2) is 11.8 Å². The predicted octanol–water partition coefficient (Wildman–Crippen LogP) is 2.41. The summed E-state index contributed by atoms with van der Waals surface area (Å²) in [6.45, 7) is 0. The van der Waals surface area contributed by atoms with Crippen molar-refractivity contribution in [1.29, 1.82) is 0 Å². The van der Waals surface area contributed by atoms with E-state index in [4.69, 9.17) is 23.1 Å². The minimum Gasteiger partial charge on any atom is -0.398 e. The van der Waals surface area contributed by atoms with Crippen LogP contribution < -0.4 is 16.8 Å². The number of hydrogen-bond acceptors (Lipinski definition) is 3. The van der Waals surface area contributed by atoms with Crippen molar-refractivity contribution in [3.63, 3.8) is 0 Å². The smallest absolute Gasteiger partial charge is 0.255 e. The maximum Gasteiger partial charge on any atom is 0.255 e. The fraction of sp³-hybridized carbons (Fsp3) is 0. The van der Waals surface area contributed by atoms with Crippen LogP contribution in [-0.2, 0) is 0 Å². The molecular weight excluding hydrogens is 297 g/mol. The van der Waals surface area contributed by atoms with Crippen LogP contribution in [0, 0.1) is 5.82 Å². The molecule has 5 nitrogen and oxygen atoms in total. The zero-order valence-corrected chi connectivity index (χ0v) is 11.4. The molecule has 0 atom stereocenters. The van der Waals surface area contributed by atoms with Gasteiger partial charge in [-0.25, -0.2) is 4.39 Å². The van der Waals surface area contributed by atoms with E-state index in [-0.39, 0.29) is 21.8 Å². The van der Waals surface area contributed by atoms with Gasteiger partial charge in [0.2, 0.25) is 0 Å². The zero-order chi connectivity index (χ0) is 15.6. The number of amides is 2. The van der Waals surface area contributed by atoms with Crippen molar-refractivity contribution in [3.8, 4) is 0 Å². The van der Waals surface area contributed by atoms with E-state index in [0.717, 1.165) is 12.1 Å². The lowest BCUT2D eigenvalue weighted by atomic mass is 10.1. The van der Waals surface area contributed by atoms with Crippen molar-refractivity contribution >= 4 is 34.8 Å². The quantitative estimate of drug-likeness (QED) is 0.759. The fourth-order valence-electron chi connectivity index (χ4n) is 1.66. The minimum atomic E-state index is -0.917. The summed E-state index contributed by atoms with van der Waals surface area (Å²) in [6, 6.07) is 7.93. The highest BCUT2D eigenvalue weighted by Crippen LogP contribution is 2.21. The second-order valence-electron chi connectivity index (χ2n) is 4.25. The molecule has 0 aliphatic carbocycles.